The highest BCUT2D eigenvalue weighted by Gasteiger charge is 2.17. The van der Waals surface area contributed by atoms with E-state index < -0.39 is 0 Å². The van der Waals surface area contributed by atoms with E-state index in [-0.39, 0.29) is 12.5 Å². The monoisotopic (exact) mass is 215 g/mol. The molecule has 0 unspecified atom stereocenters. The number of ether oxygens (including phenoxy) is 2. The van der Waals surface area contributed by atoms with Crippen LogP contribution in [-0.2, 0) is 14.3 Å². The smallest absolute Gasteiger partial charge is 0.319 e. The lowest BCUT2D eigenvalue weighted by molar-refractivity contribution is -0.143. The lowest BCUT2D eigenvalue weighted by Crippen LogP contribution is -2.28. The minimum absolute atomic E-state index is 0.162. The maximum Gasteiger partial charge on any atom is 0.319 e. The SMILES string of the molecule is COCCNCC(=O)OCCC1CCC1. The number of esters is 1. The highest BCUT2D eigenvalue weighted by Crippen LogP contribution is 2.28. The molecule has 88 valence electrons. The number of rotatable bonds is 8. The molecule has 1 saturated carbocycles. The summed E-state index contributed by atoms with van der Waals surface area (Å²) in [6, 6.07) is 0. The minimum Gasteiger partial charge on any atom is -0.465 e. The average molecular weight is 215 g/mol. The van der Waals surface area contributed by atoms with E-state index in [1.165, 1.54) is 19.3 Å². The summed E-state index contributed by atoms with van der Waals surface area (Å²) in [7, 11) is 1.64. The first-order chi connectivity index (χ1) is 7.33. The third kappa shape index (κ3) is 5.74. The van der Waals surface area contributed by atoms with Crippen LogP contribution in [0, 0.1) is 5.92 Å². The molecule has 4 nitrogen and oxygen atoms in total. The zero-order valence-electron chi connectivity index (χ0n) is 9.46. The van der Waals surface area contributed by atoms with Gasteiger partial charge < -0.3 is 14.8 Å². The third-order valence-electron chi connectivity index (χ3n) is 2.77. The molecule has 0 spiro atoms. The highest BCUT2D eigenvalue weighted by atomic mass is 16.5. The van der Waals surface area contributed by atoms with Crippen LogP contribution >= 0.6 is 0 Å². The Hall–Kier alpha value is -0.610. The molecular formula is C11H21NO3. The number of hydrogen-bond donors (Lipinski definition) is 1. The molecule has 15 heavy (non-hydrogen) atoms. The molecule has 0 radical (unpaired) electrons. The van der Waals surface area contributed by atoms with Crippen LogP contribution in [0.25, 0.3) is 0 Å². The van der Waals surface area contributed by atoms with E-state index in [1.54, 1.807) is 7.11 Å². The molecule has 0 aromatic carbocycles. The van der Waals surface area contributed by atoms with Crippen molar-refractivity contribution in [1.82, 2.24) is 5.32 Å². The van der Waals surface area contributed by atoms with Gasteiger partial charge in [-0.15, -0.1) is 0 Å². The van der Waals surface area contributed by atoms with Gasteiger partial charge in [-0.05, 0) is 12.3 Å². The third-order valence-corrected chi connectivity index (χ3v) is 2.77. The van der Waals surface area contributed by atoms with E-state index in [2.05, 4.69) is 5.32 Å². The van der Waals surface area contributed by atoms with Crippen LogP contribution in [0.3, 0.4) is 0 Å². The van der Waals surface area contributed by atoms with E-state index >= 15 is 0 Å². The number of carbonyl (C=O) groups excluding carboxylic acids is 1. The number of methoxy groups -OCH3 is 1. The zero-order valence-corrected chi connectivity index (χ0v) is 9.46. The molecule has 1 fully saturated rings. The Morgan fingerprint density at radius 2 is 2.20 bits per heavy atom. The molecule has 0 bridgehead atoms. The topological polar surface area (TPSA) is 47.6 Å². The maximum atomic E-state index is 11.2. The fraction of sp³-hybridized carbons (Fsp3) is 0.909. The first-order valence-electron chi connectivity index (χ1n) is 5.68. The van der Waals surface area contributed by atoms with Crippen molar-refractivity contribution in [3.05, 3.63) is 0 Å². The fourth-order valence-electron chi connectivity index (χ4n) is 1.54. The van der Waals surface area contributed by atoms with E-state index in [0.29, 0.717) is 19.8 Å². The van der Waals surface area contributed by atoms with Gasteiger partial charge in [-0.2, -0.15) is 0 Å². The van der Waals surface area contributed by atoms with Crippen molar-refractivity contribution in [3.63, 3.8) is 0 Å². The molecule has 0 aliphatic heterocycles. The van der Waals surface area contributed by atoms with E-state index in [0.717, 1.165) is 12.3 Å². The molecule has 1 N–H and O–H groups in total. The molecule has 0 atom stereocenters. The Kier molecular flexibility index (Phi) is 6.36. The Balaban J connectivity index is 1.84. The molecule has 0 aromatic heterocycles. The Bertz CT molecular complexity index is 181. The lowest BCUT2D eigenvalue weighted by atomic mass is 9.83. The van der Waals surface area contributed by atoms with Gasteiger partial charge in [0.25, 0.3) is 0 Å². The fourth-order valence-corrected chi connectivity index (χ4v) is 1.54. The van der Waals surface area contributed by atoms with E-state index in [9.17, 15) is 4.79 Å². The Labute approximate surface area is 91.3 Å². The summed E-state index contributed by atoms with van der Waals surface area (Å²) in [5.41, 5.74) is 0. The van der Waals surface area contributed by atoms with Crippen LogP contribution in [0.4, 0.5) is 0 Å². The second kappa shape index (κ2) is 7.65. The van der Waals surface area contributed by atoms with Gasteiger partial charge in [0.1, 0.15) is 0 Å². The van der Waals surface area contributed by atoms with Crippen LogP contribution in [0.1, 0.15) is 25.7 Å². The van der Waals surface area contributed by atoms with Crippen LogP contribution in [0.5, 0.6) is 0 Å². The van der Waals surface area contributed by atoms with Crippen LogP contribution in [0.2, 0.25) is 0 Å². The van der Waals surface area contributed by atoms with Gasteiger partial charge in [-0.1, -0.05) is 19.3 Å². The van der Waals surface area contributed by atoms with Crippen molar-refractivity contribution in [3.8, 4) is 0 Å². The first kappa shape index (κ1) is 12.5. The summed E-state index contributed by atoms with van der Waals surface area (Å²) in [4.78, 5) is 11.2. The standard InChI is InChI=1S/C11H21NO3/c1-14-8-6-12-9-11(13)15-7-5-10-3-2-4-10/h10,12H,2-9H2,1H3. The number of carbonyl (C=O) groups is 1. The number of hydrogen-bond acceptors (Lipinski definition) is 4. The quantitative estimate of drug-likeness (QED) is 0.484. The summed E-state index contributed by atoms with van der Waals surface area (Å²) in [6.07, 6.45) is 4.99. The minimum atomic E-state index is -0.162. The van der Waals surface area contributed by atoms with Crippen LogP contribution in [0.15, 0.2) is 0 Å². The average Bonchev–Trinajstić information content (AvgIpc) is 2.17. The highest BCUT2D eigenvalue weighted by molar-refractivity contribution is 5.71. The van der Waals surface area contributed by atoms with Crippen molar-refractivity contribution < 1.29 is 14.3 Å². The normalized spacial score (nSPS) is 16.1. The summed E-state index contributed by atoms with van der Waals surface area (Å²) in [5, 5.41) is 2.95. The van der Waals surface area contributed by atoms with Crippen LogP contribution < -0.4 is 5.32 Å². The van der Waals surface area contributed by atoms with Crippen molar-refractivity contribution in [2.45, 2.75) is 25.7 Å². The van der Waals surface area contributed by atoms with E-state index in [1.807, 2.05) is 0 Å². The molecule has 1 aliphatic carbocycles. The van der Waals surface area contributed by atoms with Crippen molar-refractivity contribution in [2.24, 2.45) is 5.92 Å². The molecule has 1 aliphatic rings. The second-order valence-corrected chi connectivity index (χ2v) is 3.98. The van der Waals surface area contributed by atoms with Gasteiger partial charge in [-0.3, -0.25) is 4.79 Å². The molecular weight excluding hydrogens is 194 g/mol. The van der Waals surface area contributed by atoms with Gasteiger partial charge in [-0.25, -0.2) is 0 Å². The summed E-state index contributed by atoms with van der Waals surface area (Å²) in [6.45, 7) is 2.17. The van der Waals surface area contributed by atoms with Crippen molar-refractivity contribution >= 4 is 5.97 Å². The first-order valence-corrected chi connectivity index (χ1v) is 5.68. The largest absolute Gasteiger partial charge is 0.465 e. The molecule has 0 aromatic rings. The number of nitrogens with one attached hydrogen (secondary N) is 1. The lowest BCUT2D eigenvalue weighted by Gasteiger charge is -2.24. The molecule has 0 heterocycles. The molecule has 0 amide bonds. The summed E-state index contributed by atoms with van der Waals surface area (Å²) < 4.78 is 9.93. The Morgan fingerprint density at radius 1 is 1.40 bits per heavy atom. The predicted molar refractivity (Wildman–Crippen MR) is 57.7 cm³/mol. The van der Waals surface area contributed by atoms with Gasteiger partial charge in [0.2, 0.25) is 0 Å². The van der Waals surface area contributed by atoms with E-state index in [4.69, 9.17) is 9.47 Å². The Morgan fingerprint density at radius 3 is 2.80 bits per heavy atom. The zero-order chi connectivity index (χ0) is 10.9. The van der Waals surface area contributed by atoms with Gasteiger partial charge in [0, 0.05) is 13.7 Å². The van der Waals surface area contributed by atoms with Gasteiger partial charge in [0.05, 0.1) is 19.8 Å². The van der Waals surface area contributed by atoms with Crippen LogP contribution in [-0.4, -0.2) is 39.4 Å². The van der Waals surface area contributed by atoms with Gasteiger partial charge in [0.15, 0.2) is 0 Å². The molecule has 4 heteroatoms. The summed E-state index contributed by atoms with van der Waals surface area (Å²) >= 11 is 0. The molecule has 1 rings (SSSR count). The molecule has 0 saturated heterocycles. The van der Waals surface area contributed by atoms with Gasteiger partial charge >= 0.3 is 5.97 Å². The van der Waals surface area contributed by atoms with Crippen molar-refractivity contribution in [1.29, 1.82) is 0 Å². The summed E-state index contributed by atoms with van der Waals surface area (Å²) in [5.74, 6) is 0.643. The maximum absolute atomic E-state index is 11.2. The second-order valence-electron chi connectivity index (χ2n) is 3.98. The predicted octanol–water partition coefficient (Wildman–Crippen LogP) is 0.956. The van der Waals surface area contributed by atoms with Crippen molar-refractivity contribution in [2.75, 3.05) is 33.4 Å².